The maximum absolute atomic E-state index is 11.2. The lowest BCUT2D eigenvalue weighted by atomic mass is 10.0. The Morgan fingerprint density at radius 3 is 2.45 bits per heavy atom. The number of hydrogen-bond donors (Lipinski definition) is 0. The fourth-order valence-corrected chi connectivity index (χ4v) is 1.81. The van der Waals surface area contributed by atoms with Gasteiger partial charge in [-0.1, -0.05) is 0 Å². The van der Waals surface area contributed by atoms with Crippen molar-refractivity contribution in [2.45, 2.75) is 20.0 Å². The molecule has 5 nitrogen and oxygen atoms in total. The van der Waals surface area contributed by atoms with Crippen LogP contribution >= 0.6 is 0 Å². The van der Waals surface area contributed by atoms with Gasteiger partial charge in [-0.05, 0) is 37.6 Å². The van der Waals surface area contributed by atoms with Gasteiger partial charge in [0.1, 0.15) is 5.75 Å². The molecule has 0 bridgehead atoms. The Kier molecular flexibility index (Phi) is 4.30. The predicted octanol–water partition coefficient (Wildman–Crippen LogP) is 2.75. The second-order valence-corrected chi connectivity index (χ2v) is 4.49. The number of aromatic nitrogens is 2. The average molecular weight is 272 g/mol. The molecule has 0 amide bonds. The van der Waals surface area contributed by atoms with Gasteiger partial charge in [0.05, 0.1) is 13.2 Å². The van der Waals surface area contributed by atoms with Crippen molar-refractivity contribution in [3.63, 3.8) is 0 Å². The van der Waals surface area contributed by atoms with Gasteiger partial charge < -0.3 is 9.47 Å². The molecule has 1 aromatic heterocycles. The number of nitrogens with zero attached hydrogens (tertiary/aromatic N) is 2. The van der Waals surface area contributed by atoms with Crippen LogP contribution in [0.3, 0.4) is 0 Å². The molecule has 2 rings (SSSR count). The van der Waals surface area contributed by atoms with E-state index in [1.807, 2.05) is 26.0 Å². The first kappa shape index (κ1) is 14.0. The van der Waals surface area contributed by atoms with Crippen LogP contribution in [0.5, 0.6) is 11.8 Å². The Morgan fingerprint density at radius 1 is 1.20 bits per heavy atom. The lowest BCUT2D eigenvalue weighted by Crippen LogP contribution is -2.06. The second-order valence-electron chi connectivity index (χ2n) is 4.49. The molecule has 0 unspecified atom stereocenters. The van der Waals surface area contributed by atoms with Crippen LogP contribution in [0.4, 0.5) is 0 Å². The zero-order valence-corrected chi connectivity index (χ0v) is 11.7. The van der Waals surface area contributed by atoms with Crippen LogP contribution in [0, 0.1) is 0 Å². The van der Waals surface area contributed by atoms with Crippen LogP contribution in [-0.2, 0) is 0 Å². The highest BCUT2D eigenvalue weighted by atomic mass is 16.5. The summed E-state index contributed by atoms with van der Waals surface area (Å²) in [6, 6.07) is 5.66. The van der Waals surface area contributed by atoms with E-state index in [2.05, 4.69) is 9.97 Å². The van der Waals surface area contributed by atoms with Gasteiger partial charge in [0, 0.05) is 23.5 Å². The first-order valence-corrected chi connectivity index (χ1v) is 6.26. The van der Waals surface area contributed by atoms with Crippen molar-refractivity contribution >= 4 is 6.29 Å². The van der Waals surface area contributed by atoms with Crippen LogP contribution in [-0.4, -0.2) is 29.5 Å². The fraction of sp³-hybridized carbons (Fsp3) is 0.267. The van der Waals surface area contributed by atoms with Crippen LogP contribution in [0.2, 0.25) is 0 Å². The Hall–Kier alpha value is -2.43. The van der Waals surface area contributed by atoms with Crippen LogP contribution in [0.25, 0.3) is 11.1 Å². The van der Waals surface area contributed by atoms with Gasteiger partial charge in [0.2, 0.25) is 0 Å². The van der Waals surface area contributed by atoms with Gasteiger partial charge in [0.15, 0.2) is 6.29 Å². The molecule has 20 heavy (non-hydrogen) atoms. The highest BCUT2D eigenvalue weighted by Gasteiger charge is 2.09. The smallest absolute Gasteiger partial charge is 0.316 e. The fourth-order valence-electron chi connectivity index (χ4n) is 1.81. The third kappa shape index (κ3) is 3.12. The molecule has 0 saturated carbocycles. The first-order valence-electron chi connectivity index (χ1n) is 6.26. The molecule has 0 spiro atoms. The summed E-state index contributed by atoms with van der Waals surface area (Å²) in [4.78, 5) is 19.3. The summed E-state index contributed by atoms with van der Waals surface area (Å²) in [5.41, 5.74) is 2.06. The molecule has 1 heterocycles. The number of rotatable bonds is 5. The molecule has 0 fully saturated rings. The Labute approximate surface area is 117 Å². The van der Waals surface area contributed by atoms with E-state index in [-0.39, 0.29) is 6.10 Å². The van der Waals surface area contributed by atoms with Crippen molar-refractivity contribution in [3.05, 3.63) is 36.2 Å². The van der Waals surface area contributed by atoms with E-state index in [4.69, 9.17) is 9.47 Å². The topological polar surface area (TPSA) is 61.3 Å². The number of aldehydes is 1. The van der Waals surface area contributed by atoms with Crippen molar-refractivity contribution in [1.82, 2.24) is 9.97 Å². The average Bonchev–Trinajstić information content (AvgIpc) is 2.46. The summed E-state index contributed by atoms with van der Waals surface area (Å²) in [5.74, 6) is 0.667. The Morgan fingerprint density at radius 2 is 1.90 bits per heavy atom. The Balaban J connectivity index is 2.37. The number of benzene rings is 1. The minimum atomic E-state index is 0.0599. The van der Waals surface area contributed by atoms with Crippen LogP contribution < -0.4 is 9.47 Å². The summed E-state index contributed by atoms with van der Waals surface area (Å²) < 4.78 is 10.5. The van der Waals surface area contributed by atoms with Crippen LogP contribution in [0.1, 0.15) is 24.2 Å². The van der Waals surface area contributed by atoms with Crippen molar-refractivity contribution in [1.29, 1.82) is 0 Å². The number of methoxy groups -OCH3 is 1. The third-order valence-electron chi connectivity index (χ3n) is 2.64. The van der Waals surface area contributed by atoms with Gasteiger partial charge in [-0.3, -0.25) is 4.79 Å². The van der Waals surface area contributed by atoms with Gasteiger partial charge in [-0.2, -0.15) is 0 Å². The highest BCUT2D eigenvalue weighted by molar-refractivity contribution is 5.87. The van der Waals surface area contributed by atoms with Crippen LogP contribution in [0.15, 0.2) is 30.6 Å². The largest absolute Gasteiger partial charge is 0.491 e. The first-order chi connectivity index (χ1) is 9.63. The summed E-state index contributed by atoms with van der Waals surface area (Å²) in [6.07, 6.45) is 4.10. The molecule has 0 radical (unpaired) electrons. The van der Waals surface area contributed by atoms with Crippen molar-refractivity contribution in [2.75, 3.05) is 7.11 Å². The van der Waals surface area contributed by atoms with Gasteiger partial charge in [-0.15, -0.1) is 0 Å². The van der Waals surface area contributed by atoms with E-state index in [0.717, 1.165) is 17.4 Å². The van der Waals surface area contributed by atoms with Crippen molar-refractivity contribution in [3.8, 4) is 22.9 Å². The molecule has 5 heteroatoms. The molecule has 104 valence electrons. The molecule has 1 aromatic carbocycles. The number of hydrogen-bond acceptors (Lipinski definition) is 5. The molecule has 2 aromatic rings. The van der Waals surface area contributed by atoms with Gasteiger partial charge >= 0.3 is 6.01 Å². The maximum atomic E-state index is 11.2. The molecule has 0 atom stereocenters. The van der Waals surface area contributed by atoms with Gasteiger partial charge in [0.25, 0.3) is 0 Å². The summed E-state index contributed by atoms with van der Waals surface area (Å²) >= 11 is 0. The van der Waals surface area contributed by atoms with Crippen molar-refractivity contribution in [2.24, 2.45) is 0 Å². The Bertz CT molecular complexity index is 595. The summed E-state index contributed by atoms with van der Waals surface area (Å²) in [7, 11) is 1.50. The molecule has 0 saturated heterocycles. The van der Waals surface area contributed by atoms with E-state index in [0.29, 0.717) is 17.3 Å². The maximum Gasteiger partial charge on any atom is 0.316 e. The zero-order chi connectivity index (χ0) is 14.5. The van der Waals surface area contributed by atoms with E-state index in [1.165, 1.54) is 7.11 Å². The molecule has 0 aliphatic carbocycles. The predicted molar refractivity (Wildman–Crippen MR) is 75.2 cm³/mol. The summed E-state index contributed by atoms with van der Waals surface area (Å²) in [6.45, 7) is 3.87. The lowest BCUT2D eigenvalue weighted by molar-refractivity contribution is 0.112. The molecule has 0 N–H and O–H groups in total. The minimum Gasteiger partial charge on any atom is -0.491 e. The summed E-state index contributed by atoms with van der Waals surface area (Å²) in [5, 5.41) is 0. The normalized spacial score (nSPS) is 10.4. The molecule has 0 aliphatic rings. The molecular weight excluding hydrogens is 256 g/mol. The third-order valence-corrected chi connectivity index (χ3v) is 2.64. The number of ether oxygens (including phenoxy) is 2. The standard InChI is InChI=1S/C15H16N2O3/c1-10(2)20-13-4-5-14(11(6-13)9-18)12-7-16-15(19-3)17-8-12/h4-10H,1-3H3. The zero-order valence-electron chi connectivity index (χ0n) is 11.7. The van der Waals surface area contributed by atoms with Gasteiger partial charge in [-0.25, -0.2) is 9.97 Å². The van der Waals surface area contributed by atoms with E-state index in [1.54, 1.807) is 18.5 Å². The molecular formula is C15H16N2O3. The quantitative estimate of drug-likeness (QED) is 0.783. The monoisotopic (exact) mass is 272 g/mol. The number of carbonyl (C=O) groups excluding carboxylic acids is 1. The lowest BCUT2D eigenvalue weighted by Gasteiger charge is -2.12. The van der Waals surface area contributed by atoms with E-state index >= 15 is 0 Å². The number of carbonyl (C=O) groups is 1. The highest BCUT2D eigenvalue weighted by Crippen LogP contribution is 2.26. The minimum absolute atomic E-state index is 0.0599. The SMILES string of the molecule is COc1ncc(-c2ccc(OC(C)C)cc2C=O)cn1. The molecule has 0 aliphatic heterocycles. The second kappa shape index (κ2) is 6.14. The van der Waals surface area contributed by atoms with E-state index in [9.17, 15) is 4.79 Å². The van der Waals surface area contributed by atoms with E-state index < -0.39 is 0 Å². The van der Waals surface area contributed by atoms with Crippen molar-refractivity contribution < 1.29 is 14.3 Å².